The van der Waals surface area contributed by atoms with Crippen LogP contribution in [-0.2, 0) is 30.8 Å². The third kappa shape index (κ3) is 3.98. The molecule has 28 heavy (non-hydrogen) atoms. The van der Waals surface area contributed by atoms with Crippen LogP contribution in [0.1, 0.15) is 33.7 Å². The van der Waals surface area contributed by atoms with Gasteiger partial charge in [-0.3, -0.25) is 14.3 Å². The van der Waals surface area contributed by atoms with E-state index in [0.29, 0.717) is 31.6 Å². The van der Waals surface area contributed by atoms with Crippen LogP contribution in [0.25, 0.3) is 0 Å². The molecule has 0 fully saturated rings. The molecular formula is C21H22N4O3. The molecule has 0 radical (unpaired) electrons. The van der Waals surface area contributed by atoms with Crippen molar-refractivity contribution in [2.45, 2.75) is 32.5 Å². The van der Waals surface area contributed by atoms with Crippen molar-refractivity contribution in [3.8, 4) is 0 Å². The Hall–Kier alpha value is -3.35. The summed E-state index contributed by atoms with van der Waals surface area (Å²) in [6, 6.07) is 13.6. The van der Waals surface area contributed by atoms with E-state index < -0.39 is 5.97 Å². The summed E-state index contributed by atoms with van der Waals surface area (Å²) >= 11 is 0. The number of carboxylic acids is 1. The van der Waals surface area contributed by atoms with Crippen molar-refractivity contribution in [3.63, 3.8) is 0 Å². The number of aromatic nitrogens is 3. The normalized spacial score (nSPS) is 13.4. The summed E-state index contributed by atoms with van der Waals surface area (Å²) in [5.74, 6) is -0.824. The molecule has 7 heteroatoms. The van der Waals surface area contributed by atoms with E-state index in [4.69, 9.17) is 5.11 Å². The summed E-state index contributed by atoms with van der Waals surface area (Å²) in [5, 5.41) is 13.3. The van der Waals surface area contributed by atoms with Gasteiger partial charge >= 0.3 is 5.97 Å². The Bertz CT molecular complexity index is 974. The van der Waals surface area contributed by atoms with Gasteiger partial charge in [0.05, 0.1) is 30.9 Å². The van der Waals surface area contributed by atoms with Crippen LogP contribution in [0.15, 0.2) is 54.9 Å². The van der Waals surface area contributed by atoms with E-state index in [1.54, 1.807) is 0 Å². The van der Waals surface area contributed by atoms with Gasteiger partial charge < -0.3 is 14.6 Å². The first-order chi connectivity index (χ1) is 13.6. The van der Waals surface area contributed by atoms with Gasteiger partial charge in [0.15, 0.2) is 0 Å². The number of hydrogen-bond acceptors (Lipinski definition) is 3. The average molecular weight is 378 g/mol. The van der Waals surface area contributed by atoms with Crippen molar-refractivity contribution >= 4 is 11.9 Å². The van der Waals surface area contributed by atoms with E-state index in [0.717, 1.165) is 23.5 Å². The first-order valence-electron chi connectivity index (χ1n) is 9.35. The molecule has 1 aliphatic rings. The van der Waals surface area contributed by atoms with Gasteiger partial charge in [-0.1, -0.05) is 12.1 Å². The van der Waals surface area contributed by atoms with E-state index in [2.05, 4.69) is 9.67 Å². The molecule has 0 atom stereocenters. The molecular weight excluding hydrogens is 356 g/mol. The highest BCUT2D eigenvalue weighted by atomic mass is 16.4. The van der Waals surface area contributed by atoms with E-state index in [9.17, 15) is 9.59 Å². The predicted octanol–water partition coefficient (Wildman–Crippen LogP) is 2.41. The topological polar surface area (TPSA) is 80.4 Å². The highest BCUT2D eigenvalue weighted by molar-refractivity contribution is 5.94. The van der Waals surface area contributed by atoms with Gasteiger partial charge in [0.25, 0.3) is 5.91 Å². The molecule has 1 N–H and O–H groups in total. The molecule has 4 rings (SSSR count). The largest absolute Gasteiger partial charge is 0.481 e. The molecule has 0 unspecified atom stereocenters. The molecule has 1 aromatic carbocycles. The Balaban J connectivity index is 1.41. The fourth-order valence-corrected chi connectivity index (χ4v) is 3.48. The Kier molecular flexibility index (Phi) is 4.97. The second kappa shape index (κ2) is 7.72. The number of hydrogen-bond donors (Lipinski definition) is 1. The Morgan fingerprint density at radius 1 is 1.07 bits per heavy atom. The van der Waals surface area contributed by atoms with E-state index in [-0.39, 0.29) is 12.3 Å². The van der Waals surface area contributed by atoms with Crippen molar-refractivity contribution in [1.29, 1.82) is 0 Å². The van der Waals surface area contributed by atoms with Gasteiger partial charge in [-0.05, 0) is 35.9 Å². The molecule has 3 aromatic rings. The minimum absolute atomic E-state index is 0.00653. The van der Waals surface area contributed by atoms with Gasteiger partial charge in [-0.2, -0.15) is 5.10 Å². The van der Waals surface area contributed by atoms with Crippen LogP contribution < -0.4 is 0 Å². The highest BCUT2D eigenvalue weighted by Gasteiger charge is 2.23. The quantitative estimate of drug-likeness (QED) is 0.714. The number of aryl methyl sites for hydroxylation is 1. The Labute approximate surface area is 162 Å². The third-order valence-corrected chi connectivity index (χ3v) is 4.96. The zero-order chi connectivity index (χ0) is 19.5. The van der Waals surface area contributed by atoms with E-state index in [1.807, 2.05) is 64.4 Å². The Morgan fingerprint density at radius 3 is 2.54 bits per heavy atom. The van der Waals surface area contributed by atoms with Crippen molar-refractivity contribution in [3.05, 3.63) is 77.4 Å². The van der Waals surface area contributed by atoms with Crippen LogP contribution in [-0.4, -0.2) is 42.8 Å². The van der Waals surface area contributed by atoms with Crippen LogP contribution >= 0.6 is 0 Å². The number of aliphatic carboxylic acids is 1. The minimum Gasteiger partial charge on any atom is -0.481 e. The predicted molar refractivity (Wildman–Crippen MR) is 103 cm³/mol. The highest BCUT2D eigenvalue weighted by Crippen LogP contribution is 2.18. The molecule has 2 aromatic heterocycles. The van der Waals surface area contributed by atoms with E-state index >= 15 is 0 Å². The van der Waals surface area contributed by atoms with Gasteiger partial charge in [-0.15, -0.1) is 0 Å². The lowest BCUT2D eigenvalue weighted by molar-refractivity contribution is -0.136. The molecule has 1 amide bonds. The molecule has 0 aliphatic carbocycles. The second-order valence-corrected chi connectivity index (χ2v) is 7.02. The summed E-state index contributed by atoms with van der Waals surface area (Å²) in [7, 11) is 0. The molecule has 1 aliphatic heterocycles. The van der Waals surface area contributed by atoms with Crippen LogP contribution in [0.5, 0.6) is 0 Å². The van der Waals surface area contributed by atoms with Crippen molar-refractivity contribution < 1.29 is 14.7 Å². The van der Waals surface area contributed by atoms with Gasteiger partial charge in [0, 0.05) is 37.5 Å². The van der Waals surface area contributed by atoms with Crippen LogP contribution in [0.4, 0.5) is 0 Å². The zero-order valence-corrected chi connectivity index (χ0v) is 15.5. The smallest absolute Gasteiger partial charge is 0.303 e. The maximum absolute atomic E-state index is 12.9. The number of carbonyl (C=O) groups excluding carboxylic acids is 1. The number of carbonyl (C=O) groups is 2. The summed E-state index contributed by atoms with van der Waals surface area (Å²) in [6.45, 7) is 2.49. The number of fused-ring (bicyclic) bond motifs is 1. The monoisotopic (exact) mass is 378 g/mol. The lowest BCUT2D eigenvalue weighted by atomic mass is 10.1. The molecule has 144 valence electrons. The Morgan fingerprint density at radius 2 is 1.82 bits per heavy atom. The number of benzene rings is 1. The van der Waals surface area contributed by atoms with Crippen molar-refractivity contribution in [2.24, 2.45) is 0 Å². The standard InChI is InChI=1S/C21H22N4O3/c26-20(27)8-7-18-13-19-15-24(11-12-25(19)22-18)21(28)17-5-3-16(4-6-17)14-23-9-1-2-10-23/h1-6,9-10,13H,7-8,11-12,14-15H2,(H,26,27). The van der Waals surface area contributed by atoms with Crippen molar-refractivity contribution in [2.75, 3.05) is 6.54 Å². The first kappa shape index (κ1) is 18.0. The minimum atomic E-state index is -0.831. The fraction of sp³-hybridized carbons (Fsp3) is 0.286. The van der Waals surface area contributed by atoms with Crippen LogP contribution in [0, 0.1) is 0 Å². The maximum Gasteiger partial charge on any atom is 0.303 e. The summed E-state index contributed by atoms with van der Waals surface area (Å²) in [4.78, 5) is 25.4. The number of carboxylic acid groups (broad SMARTS) is 1. The lowest BCUT2D eigenvalue weighted by Crippen LogP contribution is -2.38. The van der Waals surface area contributed by atoms with Gasteiger partial charge in [0.2, 0.25) is 0 Å². The van der Waals surface area contributed by atoms with Gasteiger partial charge in [0.1, 0.15) is 0 Å². The van der Waals surface area contributed by atoms with Gasteiger partial charge in [-0.25, -0.2) is 0 Å². The number of rotatable bonds is 6. The average Bonchev–Trinajstić information content (AvgIpc) is 3.35. The first-order valence-corrected chi connectivity index (χ1v) is 9.35. The maximum atomic E-state index is 12.9. The van der Waals surface area contributed by atoms with Crippen molar-refractivity contribution in [1.82, 2.24) is 19.2 Å². The molecule has 0 spiro atoms. The third-order valence-electron chi connectivity index (χ3n) is 4.96. The fourth-order valence-electron chi connectivity index (χ4n) is 3.48. The lowest BCUT2D eigenvalue weighted by Gasteiger charge is -2.27. The summed E-state index contributed by atoms with van der Waals surface area (Å²) in [5.41, 5.74) is 3.54. The summed E-state index contributed by atoms with van der Waals surface area (Å²) in [6.07, 6.45) is 4.50. The second-order valence-electron chi connectivity index (χ2n) is 7.02. The SMILES string of the molecule is O=C(O)CCc1cc2n(n1)CCN(C(=O)c1ccc(Cn3cccc3)cc1)C2. The van der Waals surface area contributed by atoms with Crippen LogP contribution in [0.2, 0.25) is 0 Å². The van der Waals surface area contributed by atoms with Crippen LogP contribution in [0.3, 0.4) is 0 Å². The number of nitrogens with zero attached hydrogens (tertiary/aromatic N) is 4. The molecule has 0 bridgehead atoms. The summed E-state index contributed by atoms with van der Waals surface area (Å²) < 4.78 is 3.96. The molecule has 0 saturated carbocycles. The zero-order valence-electron chi connectivity index (χ0n) is 15.5. The number of amides is 1. The molecule has 3 heterocycles. The molecule has 0 saturated heterocycles. The molecule has 7 nitrogen and oxygen atoms in total. The van der Waals surface area contributed by atoms with E-state index in [1.165, 1.54) is 0 Å².